The van der Waals surface area contributed by atoms with E-state index in [2.05, 4.69) is 0 Å². The molecule has 8 heteroatoms. The highest BCUT2D eigenvalue weighted by atomic mass is 19.2. The van der Waals surface area contributed by atoms with Crippen molar-refractivity contribution in [2.45, 2.75) is 18.9 Å². The minimum absolute atomic E-state index is 0.117. The van der Waals surface area contributed by atoms with Crippen molar-refractivity contribution in [3.63, 3.8) is 0 Å². The van der Waals surface area contributed by atoms with E-state index in [0.717, 1.165) is 0 Å². The molecule has 0 saturated heterocycles. The Morgan fingerprint density at radius 1 is 1.00 bits per heavy atom. The summed E-state index contributed by atoms with van der Waals surface area (Å²) in [5, 5.41) is 11.9. The van der Waals surface area contributed by atoms with E-state index in [1.54, 1.807) is 0 Å². The van der Waals surface area contributed by atoms with E-state index in [1.165, 1.54) is 14.0 Å². The highest BCUT2D eigenvalue weighted by Crippen LogP contribution is 2.27. The summed E-state index contributed by atoms with van der Waals surface area (Å²) >= 11 is 0. The molecule has 0 fully saturated rings. The molecule has 0 radical (unpaired) electrons. The molecule has 0 amide bonds. The van der Waals surface area contributed by atoms with E-state index in [1.807, 2.05) is 5.32 Å². The Morgan fingerprint density at radius 2 is 1.45 bits per heavy atom. The molecule has 1 aromatic rings. The van der Waals surface area contributed by atoms with Gasteiger partial charge >= 0.3 is 0 Å². The fourth-order valence-electron chi connectivity index (χ4n) is 1.45. The van der Waals surface area contributed by atoms with Crippen LogP contribution in [0.3, 0.4) is 0 Å². The molecule has 20 heavy (non-hydrogen) atoms. The van der Waals surface area contributed by atoms with Gasteiger partial charge in [0.05, 0.1) is 5.60 Å². The number of benzene rings is 1. The number of nitrogens with one attached hydrogen (secondary N) is 1. The second kappa shape index (κ2) is 6.36. The quantitative estimate of drug-likeness (QED) is 0.482. The molecule has 0 spiro atoms. The van der Waals surface area contributed by atoms with E-state index >= 15 is 0 Å². The maximum atomic E-state index is 13.3. The Kier molecular flexibility index (Phi) is 5.29. The number of rotatable bonds is 6. The number of halogens is 5. The molecule has 0 aromatic heterocycles. The van der Waals surface area contributed by atoms with Crippen LogP contribution in [-0.4, -0.2) is 31.0 Å². The first-order chi connectivity index (χ1) is 9.21. The number of aliphatic hydroxyl groups is 1. The molecule has 3 nitrogen and oxygen atoms in total. The van der Waals surface area contributed by atoms with Crippen molar-refractivity contribution in [1.29, 1.82) is 0 Å². The van der Waals surface area contributed by atoms with Gasteiger partial charge in [-0.3, -0.25) is 0 Å². The topological polar surface area (TPSA) is 41.5 Å². The molecule has 2 N–H and O–H groups in total. The largest absolute Gasteiger partial charge is 0.388 e. The third-order valence-corrected chi connectivity index (χ3v) is 2.70. The minimum atomic E-state index is -2.23. The van der Waals surface area contributed by atoms with Gasteiger partial charge in [-0.25, -0.2) is 22.0 Å². The van der Waals surface area contributed by atoms with Crippen LogP contribution < -0.4 is 5.32 Å². The predicted octanol–water partition coefficient (Wildman–Crippen LogP) is 2.58. The summed E-state index contributed by atoms with van der Waals surface area (Å²) in [5.41, 5.74) is -2.60. The fourth-order valence-corrected chi connectivity index (χ4v) is 1.45. The van der Waals surface area contributed by atoms with Crippen LogP contribution in [0.15, 0.2) is 0 Å². The van der Waals surface area contributed by atoms with Crippen molar-refractivity contribution >= 4 is 5.69 Å². The van der Waals surface area contributed by atoms with Crippen LogP contribution in [0, 0.1) is 29.1 Å². The SMILES string of the molecule is COCCC(C)(O)CNc1c(F)c(F)c(F)c(F)c1F. The maximum absolute atomic E-state index is 13.3. The van der Waals surface area contributed by atoms with Gasteiger partial charge in [-0.15, -0.1) is 0 Å². The van der Waals surface area contributed by atoms with Gasteiger partial charge in [0, 0.05) is 26.7 Å². The van der Waals surface area contributed by atoms with Gasteiger partial charge in [0.15, 0.2) is 23.3 Å². The zero-order chi connectivity index (χ0) is 15.5. The van der Waals surface area contributed by atoms with Crippen LogP contribution in [0.4, 0.5) is 27.6 Å². The molecule has 0 heterocycles. The lowest BCUT2D eigenvalue weighted by atomic mass is 10.0. The first-order valence-electron chi connectivity index (χ1n) is 5.68. The number of ether oxygens (including phenoxy) is 1. The van der Waals surface area contributed by atoms with E-state index in [-0.39, 0.29) is 13.0 Å². The summed E-state index contributed by atoms with van der Waals surface area (Å²) in [6.07, 6.45) is 0.117. The Hall–Kier alpha value is -1.41. The van der Waals surface area contributed by atoms with Crippen LogP contribution in [0.2, 0.25) is 0 Å². The zero-order valence-corrected chi connectivity index (χ0v) is 10.9. The summed E-state index contributed by atoms with van der Waals surface area (Å²) < 4.78 is 70.1. The average molecular weight is 299 g/mol. The van der Waals surface area contributed by atoms with Crippen molar-refractivity contribution in [3.05, 3.63) is 29.1 Å². The third kappa shape index (κ3) is 3.57. The third-order valence-electron chi connectivity index (χ3n) is 2.70. The number of hydrogen-bond donors (Lipinski definition) is 2. The number of methoxy groups -OCH3 is 1. The minimum Gasteiger partial charge on any atom is -0.388 e. The van der Waals surface area contributed by atoms with E-state index in [4.69, 9.17) is 4.74 Å². The van der Waals surface area contributed by atoms with Crippen molar-refractivity contribution in [2.75, 3.05) is 25.6 Å². The molecule has 1 rings (SSSR count). The molecule has 1 unspecified atom stereocenters. The Bertz CT molecular complexity index is 464. The van der Waals surface area contributed by atoms with Crippen LogP contribution in [0.5, 0.6) is 0 Å². The van der Waals surface area contributed by atoms with Gasteiger partial charge < -0.3 is 15.2 Å². The number of anilines is 1. The monoisotopic (exact) mass is 299 g/mol. The summed E-state index contributed by atoms with van der Waals surface area (Å²) in [7, 11) is 1.40. The van der Waals surface area contributed by atoms with Crippen molar-refractivity contribution < 1.29 is 31.8 Å². The van der Waals surface area contributed by atoms with Gasteiger partial charge in [-0.2, -0.15) is 0 Å². The molecule has 0 aliphatic rings. The molecular formula is C12H14F5NO2. The van der Waals surface area contributed by atoms with Crippen molar-refractivity contribution in [2.24, 2.45) is 0 Å². The predicted molar refractivity (Wildman–Crippen MR) is 61.8 cm³/mol. The first-order valence-corrected chi connectivity index (χ1v) is 5.68. The van der Waals surface area contributed by atoms with Crippen molar-refractivity contribution in [3.8, 4) is 0 Å². The van der Waals surface area contributed by atoms with Crippen molar-refractivity contribution in [1.82, 2.24) is 0 Å². The standard InChI is InChI=1S/C12H14F5NO2/c1-12(19,3-4-20-2)5-18-11-9(16)7(14)6(13)8(15)10(11)17/h18-19H,3-5H2,1-2H3. The fraction of sp³-hybridized carbons (Fsp3) is 0.500. The van der Waals surface area contributed by atoms with Gasteiger partial charge in [0.1, 0.15) is 5.69 Å². The van der Waals surface area contributed by atoms with Crippen LogP contribution in [0.25, 0.3) is 0 Å². The molecule has 0 saturated carbocycles. The normalized spacial score (nSPS) is 14.2. The highest BCUT2D eigenvalue weighted by molar-refractivity contribution is 5.48. The van der Waals surface area contributed by atoms with Crippen LogP contribution >= 0.6 is 0 Å². The molecule has 0 aliphatic heterocycles. The van der Waals surface area contributed by atoms with Crippen LogP contribution in [0.1, 0.15) is 13.3 Å². The van der Waals surface area contributed by atoms with Gasteiger partial charge in [-0.1, -0.05) is 0 Å². The first kappa shape index (κ1) is 16.6. The summed E-state index contributed by atoms with van der Waals surface area (Å²) in [4.78, 5) is 0. The lowest BCUT2D eigenvalue weighted by Crippen LogP contribution is -2.35. The Morgan fingerprint density at radius 3 is 1.90 bits per heavy atom. The molecule has 0 aliphatic carbocycles. The lowest BCUT2D eigenvalue weighted by molar-refractivity contribution is 0.0356. The molecular weight excluding hydrogens is 285 g/mol. The summed E-state index contributed by atoms with van der Waals surface area (Å²) in [6.45, 7) is 1.10. The second-order valence-corrected chi connectivity index (χ2v) is 4.54. The molecule has 0 bridgehead atoms. The summed E-state index contributed by atoms with van der Waals surface area (Å²) in [6, 6.07) is 0. The van der Waals surface area contributed by atoms with Gasteiger partial charge in [0.25, 0.3) is 0 Å². The van der Waals surface area contributed by atoms with Gasteiger partial charge in [-0.05, 0) is 6.92 Å². The highest BCUT2D eigenvalue weighted by Gasteiger charge is 2.27. The van der Waals surface area contributed by atoms with Crippen LogP contribution in [-0.2, 0) is 4.74 Å². The smallest absolute Gasteiger partial charge is 0.200 e. The van der Waals surface area contributed by atoms with E-state index in [0.29, 0.717) is 0 Å². The zero-order valence-electron chi connectivity index (χ0n) is 10.9. The number of hydrogen-bond acceptors (Lipinski definition) is 3. The molecule has 1 atom stereocenters. The average Bonchev–Trinajstić information content (AvgIpc) is 2.40. The Balaban J connectivity index is 2.94. The van der Waals surface area contributed by atoms with E-state index < -0.39 is 46.9 Å². The second-order valence-electron chi connectivity index (χ2n) is 4.54. The maximum Gasteiger partial charge on any atom is 0.200 e. The molecule has 114 valence electrons. The van der Waals surface area contributed by atoms with Gasteiger partial charge in [0.2, 0.25) is 5.82 Å². The molecule has 1 aromatic carbocycles. The summed E-state index contributed by atoms with van der Waals surface area (Å²) in [5.74, 6) is -10.2. The lowest BCUT2D eigenvalue weighted by Gasteiger charge is -2.24. The Labute approximate surface area is 112 Å². The van der Waals surface area contributed by atoms with E-state index in [9.17, 15) is 27.1 Å².